The van der Waals surface area contributed by atoms with Crippen LogP contribution in [0.5, 0.6) is 0 Å². The van der Waals surface area contributed by atoms with Crippen molar-refractivity contribution in [2.45, 2.75) is 46.3 Å². The zero-order chi connectivity index (χ0) is 13.2. The largest absolute Gasteiger partial charge is 0.382 e. The van der Waals surface area contributed by atoms with E-state index in [9.17, 15) is 0 Å². The SMILES string of the molecule is COCc1cccc(NC2CC(C)(C)CC2C)c1. The predicted octanol–water partition coefficient (Wildman–Crippen LogP) is 4.07. The summed E-state index contributed by atoms with van der Waals surface area (Å²) < 4.78 is 5.18. The number of benzene rings is 1. The molecule has 2 nitrogen and oxygen atoms in total. The molecule has 1 fully saturated rings. The van der Waals surface area contributed by atoms with Gasteiger partial charge in [-0.2, -0.15) is 0 Å². The van der Waals surface area contributed by atoms with Gasteiger partial charge in [-0.15, -0.1) is 0 Å². The molecule has 1 aliphatic carbocycles. The van der Waals surface area contributed by atoms with Crippen molar-refractivity contribution in [2.24, 2.45) is 11.3 Å². The molecule has 2 heteroatoms. The minimum Gasteiger partial charge on any atom is -0.382 e. The van der Waals surface area contributed by atoms with Gasteiger partial charge in [0.05, 0.1) is 6.61 Å². The highest BCUT2D eigenvalue weighted by Crippen LogP contribution is 2.42. The summed E-state index contributed by atoms with van der Waals surface area (Å²) in [6, 6.07) is 9.15. The molecular weight excluding hydrogens is 222 g/mol. The van der Waals surface area contributed by atoms with Crippen LogP contribution in [0, 0.1) is 11.3 Å². The lowest BCUT2D eigenvalue weighted by Gasteiger charge is -2.20. The molecule has 2 atom stereocenters. The zero-order valence-corrected chi connectivity index (χ0v) is 12.0. The minimum atomic E-state index is 0.473. The first-order chi connectivity index (χ1) is 8.50. The topological polar surface area (TPSA) is 21.3 Å². The molecule has 1 saturated carbocycles. The van der Waals surface area contributed by atoms with Crippen LogP contribution in [0.25, 0.3) is 0 Å². The Hall–Kier alpha value is -1.02. The van der Waals surface area contributed by atoms with Gasteiger partial charge in [0.1, 0.15) is 0 Å². The van der Waals surface area contributed by atoms with Gasteiger partial charge in [-0.25, -0.2) is 0 Å². The maximum atomic E-state index is 5.18. The van der Waals surface area contributed by atoms with Gasteiger partial charge < -0.3 is 10.1 Å². The summed E-state index contributed by atoms with van der Waals surface area (Å²) in [7, 11) is 1.74. The number of hydrogen-bond acceptors (Lipinski definition) is 2. The molecule has 0 saturated heterocycles. The van der Waals surface area contributed by atoms with E-state index in [0.29, 0.717) is 18.1 Å². The number of nitrogens with one attached hydrogen (secondary N) is 1. The second-order valence-electron chi connectivity index (χ2n) is 6.43. The summed E-state index contributed by atoms with van der Waals surface area (Å²) in [4.78, 5) is 0. The Morgan fingerprint density at radius 3 is 2.72 bits per heavy atom. The summed E-state index contributed by atoms with van der Waals surface area (Å²) in [5, 5.41) is 3.69. The smallest absolute Gasteiger partial charge is 0.0713 e. The van der Waals surface area contributed by atoms with E-state index in [1.807, 2.05) is 0 Å². The Morgan fingerprint density at radius 1 is 1.33 bits per heavy atom. The average molecular weight is 247 g/mol. The summed E-state index contributed by atoms with van der Waals surface area (Å²) in [6.07, 6.45) is 2.56. The van der Waals surface area contributed by atoms with Gasteiger partial charge in [-0.1, -0.05) is 32.9 Å². The summed E-state index contributed by atoms with van der Waals surface area (Å²) in [5.41, 5.74) is 2.92. The summed E-state index contributed by atoms with van der Waals surface area (Å²) >= 11 is 0. The predicted molar refractivity (Wildman–Crippen MR) is 76.7 cm³/mol. The lowest BCUT2D eigenvalue weighted by atomic mass is 9.91. The van der Waals surface area contributed by atoms with Crippen molar-refractivity contribution < 1.29 is 4.74 Å². The number of rotatable bonds is 4. The monoisotopic (exact) mass is 247 g/mol. The van der Waals surface area contributed by atoms with E-state index in [-0.39, 0.29) is 0 Å². The Labute approximate surface area is 111 Å². The van der Waals surface area contributed by atoms with Crippen molar-refractivity contribution in [3.8, 4) is 0 Å². The van der Waals surface area contributed by atoms with Crippen LogP contribution >= 0.6 is 0 Å². The van der Waals surface area contributed by atoms with E-state index in [0.717, 1.165) is 5.92 Å². The molecule has 1 aromatic carbocycles. The summed E-state index contributed by atoms with van der Waals surface area (Å²) in [5.74, 6) is 0.742. The highest BCUT2D eigenvalue weighted by Gasteiger charge is 2.36. The lowest BCUT2D eigenvalue weighted by molar-refractivity contribution is 0.185. The average Bonchev–Trinajstić information content (AvgIpc) is 2.53. The van der Waals surface area contributed by atoms with Crippen molar-refractivity contribution in [2.75, 3.05) is 12.4 Å². The van der Waals surface area contributed by atoms with Gasteiger partial charge in [0.25, 0.3) is 0 Å². The second-order valence-corrected chi connectivity index (χ2v) is 6.43. The van der Waals surface area contributed by atoms with Gasteiger partial charge in [-0.05, 0) is 41.9 Å². The van der Waals surface area contributed by atoms with Crippen LogP contribution < -0.4 is 5.32 Å². The van der Waals surface area contributed by atoms with E-state index in [1.165, 1.54) is 24.1 Å². The van der Waals surface area contributed by atoms with E-state index in [4.69, 9.17) is 4.74 Å². The van der Waals surface area contributed by atoms with Crippen LogP contribution in [0.2, 0.25) is 0 Å². The highest BCUT2D eigenvalue weighted by atomic mass is 16.5. The second kappa shape index (κ2) is 5.31. The van der Waals surface area contributed by atoms with Crippen LogP contribution in [0.15, 0.2) is 24.3 Å². The molecule has 18 heavy (non-hydrogen) atoms. The Bertz CT molecular complexity index is 400. The quantitative estimate of drug-likeness (QED) is 0.866. The fraction of sp³-hybridized carbons (Fsp3) is 0.625. The third-order valence-electron chi connectivity index (χ3n) is 3.92. The van der Waals surface area contributed by atoms with Gasteiger partial charge in [0.15, 0.2) is 0 Å². The van der Waals surface area contributed by atoms with E-state index >= 15 is 0 Å². The lowest BCUT2D eigenvalue weighted by Crippen LogP contribution is -2.22. The maximum absolute atomic E-state index is 5.18. The molecule has 0 radical (unpaired) electrons. The highest BCUT2D eigenvalue weighted by molar-refractivity contribution is 5.46. The molecule has 0 aromatic heterocycles. The van der Waals surface area contributed by atoms with E-state index < -0.39 is 0 Å². The third kappa shape index (κ3) is 3.26. The fourth-order valence-corrected chi connectivity index (χ4v) is 3.22. The normalized spacial score (nSPS) is 26.2. The summed E-state index contributed by atoms with van der Waals surface area (Å²) in [6.45, 7) is 7.77. The zero-order valence-electron chi connectivity index (χ0n) is 12.0. The van der Waals surface area contributed by atoms with Gasteiger partial charge in [-0.3, -0.25) is 0 Å². The van der Waals surface area contributed by atoms with Crippen LogP contribution in [0.4, 0.5) is 5.69 Å². The first-order valence-electron chi connectivity index (χ1n) is 6.84. The Morgan fingerprint density at radius 2 is 2.11 bits per heavy atom. The minimum absolute atomic E-state index is 0.473. The number of methoxy groups -OCH3 is 1. The molecule has 1 N–H and O–H groups in total. The van der Waals surface area contributed by atoms with E-state index in [1.54, 1.807) is 7.11 Å². The molecule has 0 spiro atoms. The third-order valence-corrected chi connectivity index (χ3v) is 3.92. The van der Waals surface area contributed by atoms with E-state index in [2.05, 4.69) is 50.4 Å². The Kier molecular flexibility index (Phi) is 3.96. The Balaban J connectivity index is 2.03. The van der Waals surface area contributed by atoms with Crippen molar-refractivity contribution in [1.82, 2.24) is 0 Å². The molecule has 2 unspecified atom stereocenters. The molecule has 0 amide bonds. The standard InChI is InChI=1S/C16H25NO/c1-12-9-16(2,3)10-15(12)17-14-7-5-6-13(8-14)11-18-4/h5-8,12,15,17H,9-11H2,1-4H3. The van der Waals surface area contributed by atoms with Crippen LogP contribution in [-0.4, -0.2) is 13.2 Å². The molecule has 1 aliphatic rings. The molecule has 100 valence electrons. The molecule has 2 rings (SSSR count). The van der Waals surface area contributed by atoms with Crippen molar-refractivity contribution in [1.29, 1.82) is 0 Å². The van der Waals surface area contributed by atoms with Crippen LogP contribution in [-0.2, 0) is 11.3 Å². The molecular formula is C16H25NO. The van der Waals surface area contributed by atoms with Gasteiger partial charge >= 0.3 is 0 Å². The molecule has 0 heterocycles. The van der Waals surface area contributed by atoms with Crippen LogP contribution in [0.3, 0.4) is 0 Å². The van der Waals surface area contributed by atoms with Crippen LogP contribution in [0.1, 0.15) is 39.2 Å². The first kappa shape index (κ1) is 13.4. The number of anilines is 1. The van der Waals surface area contributed by atoms with Crippen molar-refractivity contribution >= 4 is 5.69 Å². The number of hydrogen-bond donors (Lipinski definition) is 1. The molecule has 0 aliphatic heterocycles. The molecule has 0 bridgehead atoms. The van der Waals surface area contributed by atoms with Gasteiger partial charge in [0, 0.05) is 18.8 Å². The number of ether oxygens (including phenoxy) is 1. The fourth-order valence-electron chi connectivity index (χ4n) is 3.22. The first-order valence-corrected chi connectivity index (χ1v) is 6.84. The van der Waals surface area contributed by atoms with Crippen molar-refractivity contribution in [3.05, 3.63) is 29.8 Å². The van der Waals surface area contributed by atoms with Gasteiger partial charge in [0.2, 0.25) is 0 Å². The molecule has 1 aromatic rings. The maximum Gasteiger partial charge on any atom is 0.0713 e. The van der Waals surface area contributed by atoms with Crippen molar-refractivity contribution in [3.63, 3.8) is 0 Å².